The number of hydrogen-bond donors (Lipinski definition) is 2. The fourth-order valence-electron chi connectivity index (χ4n) is 2.43. The summed E-state index contributed by atoms with van der Waals surface area (Å²) in [4.78, 5) is 23.5. The highest BCUT2D eigenvalue weighted by Crippen LogP contribution is 2.30. The molecule has 0 fully saturated rings. The molecule has 0 aliphatic heterocycles. The third-order valence-corrected chi connectivity index (χ3v) is 3.73. The van der Waals surface area contributed by atoms with Crippen LogP contribution in [-0.4, -0.2) is 26.0 Å². The van der Waals surface area contributed by atoms with Crippen LogP contribution < -0.4 is 20.1 Å². The summed E-state index contributed by atoms with van der Waals surface area (Å²) in [6.45, 7) is 3.73. The molecule has 0 aliphatic carbocycles. The SMILES string of the molecule is COc1cc(C)c(CNC(=O)c2cccc(NC(C)=O)c2)cc1OC. The van der Waals surface area contributed by atoms with E-state index in [9.17, 15) is 9.59 Å². The van der Waals surface area contributed by atoms with Crippen molar-refractivity contribution in [3.8, 4) is 11.5 Å². The zero-order valence-corrected chi connectivity index (χ0v) is 14.8. The number of aryl methyl sites for hydroxylation is 1. The number of carbonyl (C=O) groups excluding carboxylic acids is 2. The second kappa shape index (κ2) is 8.19. The van der Waals surface area contributed by atoms with Crippen LogP contribution in [-0.2, 0) is 11.3 Å². The van der Waals surface area contributed by atoms with E-state index in [1.807, 2.05) is 19.1 Å². The first-order chi connectivity index (χ1) is 11.9. The van der Waals surface area contributed by atoms with Gasteiger partial charge < -0.3 is 20.1 Å². The minimum atomic E-state index is -0.221. The molecule has 132 valence electrons. The fraction of sp³-hybridized carbons (Fsp3) is 0.263. The second-order valence-corrected chi connectivity index (χ2v) is 5.58. The van der Waals surface area contributed by atoms with Crippen molar-refractivity contribution in [3.05, 3.63) is 53.1 Å². The molecule has 2 aromatic rings. The Balaban J connectivity index is 2.11. The van der Waals surface area contributed by atoms with Crippen molar-refractivity contribution in [3.63, 3.8) is 0 Å². The average molecular weight is 342 g/mol. The van der Waals surface area contributed by atoms with Gasteiger partial charge in [-0.25, -0.2) is 0 Å². The highest BCUT2D eigenvalue weighted by molar-refractivity contribution is 5.96. The van der Waals surface area contributed by atoms with Crippen LogP contribution in [0.1, 0.15) is 28.4 Å². The minimum Gasteiger partial charge on any atom is -0.493 e. The van der Waals surface area contributed by atoms with Crippen LogP contribution in [0.3, 0.4) is 0 Å². The van der Waals surface area contributed by atoms with Gasteiger partial charge >= 0.3 is 0 Å². The summed E-state index contributed by atoms with van der Waals surface area (Å²) < 4.78 is 10.6. The van der Waals surface area contributed by atoms with Gasteiger partial charge in [-0.3, -0.25) is 9.59 Å². The van der Waals surface area contributed by atoms with E-state index in [1.54, 1.807) is 38.5 Å². The molecule has 0 atom stereocenters. The van der Waals surface area contributed by atoms with E-state index >= 15 is 0 Å². The molecular weight excluding hydrogens is 320 g/mol. The van der Waals surface area contributed by atoms with Crippen molar-refractivity contribution in [1.82, 2.24) is 5.32 Å². The number of carbonyl (C=O) groups is 2. The highest BCUT2D eigenvalue weighted by Gasteiger charge is 2.11. The summed E-state index contributed by atoms with van der Waals surface area (Å²) in [5, 5.41) is 5.54. The van der Waals surface area contributed by atoms with E-state index in [1.165, 1.54) is 6.92 Å². The average Bonchev–Trinajstić information content (AvgIpc) is 2.59. The van der Waals surface area contributed by atoms with Gasteiger partial charge in [0.15, 0.2) is 11.5 Å². The highest BCUT2D eigenvalue weighted by atomic mass is 16.5. The maximum Gasteiger partial charge on any atom is 0.251 e. The van der Waals surface area contributed by atoms with E-state index in [4.69, 9.17) is 9.47 Å². The molecule has 0 aliphatic rings. The van der Waals surface area contributed by atoms with E-state index < -0.39 is 0 Å². The lowest BCUT2D eigenvalue weighted by Gasteiger charge is -2.13. The molecule has 0 saturated carbocycles. The first kappa shape index (κ1) is 18.3. The smallest absolute Gasteiger partial charge is 0.251 e. The Labute approximate surface area is 147 Å². The summed E-state index contributed by atoms with van der Waals surface area (Å²) in [6, 6.07) is 10.5. The molecule has 2 aromatic carbocycles. The molecule has 0 unspecified atom stereocenters. The minimum absolute atomic E-state index is 0.182. The molecule has 0 spiro atoms. The van der Waals surface area contributed by atoms with E-state index in [0.717, 1.165) is 11.1 Å². The van der Waals surface area contributed by atoms with Crippen molar-refractivity contribution in [1.29, 1.82) is 0 Å². The van der Waals surface area contributed by atoms with Crippen LogP contribution in [0.4, 0.5) is 5.69 Å². The number of hydrogen-bond acceptors (Lipinski definition) is 4. The van der Waals surface area contributed by atoms with Gasteiger partial charge in [-0.05, 0) is 48.4 Å². The summed E-state index contributed by atoms with van der Waals surface area (Å²) in [6.07, 6.45) is 0. The lowest BCUT2D eigenvalue weighted by Crippen LogP contribution is -2.23. The van der Waals surface area contributed by atoms with Crippen LogP contribution in [0.25, 0.3) is 0 Å². The molecule has 2 amide bonds. The van der Waals surface area contributed by atoms with Gasteiger partial charge in [0.1, 0.15) is 0 Å². The van der Waals surface area contributed by atoms with Crippen LogP contribution in [0.2, 0.25) is 0 Å². The number of ether oxygens (including phenoxy) is 2. The zero-order chi connectivity index (χ0) is 18.4. The fourth-order valence-corrected chi connectivity index (χ4v) is 2.43. The molecule has 0 heterocycles. The quantitative estimate of drug-likeness (QED) is 0.846. The third kappa shape index (κ3) is 4.73. The van der Waals surface area contributed by atoms with Crippen LogP contribution in [0.5, 0.6) is 11.5 Å². The van der Waals surface area contributed by atoms with Crippen molar-refractivity contribution < 1.29 is 19.1 Å². The van der Waals surface area contributed by atoms with Gasteiger partial charge in [-0.2, -0.15) is 0 Å². The Hall–Kier alpha value is -3.02. The predicted molar refractivity (Wildman–Crippen MR) is 96.2 cm³/mol. The van der Waals surface area contributed by atoms with Crippen LogP contribution >= 0.6 is 0 Å². The first-order valence-electron chi connectivity index (χ1n) is 7.82. The Bertz CT molecular complexity index is 787. The standard InChI is InChI=1S/C19H22N2O4/c1-12-8-17(24-3)18(25-4)10-15(12)11-20-19(23)14-6-5-7-16(9-14)21-13(2)22/h5-10H,11H2,1-4H3,(H,20,23)(H,21,22). The largest absolute Gasteiger partial charge is 0.493 e. The molecule has 0 radical (unpaired) electrons. The summed E-state index contributed by atoms with van der Waals surface area (Å²) in [5.41, 5.74) is 2.99. The molecule has 0 saturated heterocycles. The van der Waals surface area contributed by atoms with Crippen molar-refractivity contribution in [2.45, 2.75) is 20.4 Å². The molecule has 2 rings (SSSR count). The maximum atomic E-state index is 12.4. The monoisotopic (exact) mass is 342 g/mol. The lowest BCUT2D eigenvalue weighted by molar-refractivity contribution is -0.114. The Morgan fingerprint density at radius 3 is 2.36 bits per heavy atom. The van der Waals surface area contributed by atoms with Gasteiger partial charge in [0.2, 0.25) is 5.91 Å². The van der Waals surface area contributed by atoms with Gasteiger partial charge in [0.05, 0.1) is 14.2 Å². The second-order valence-electron chi connectivity index (χ2n) is 5.58. The number of amides is 2. The topological polar surface area (TPSA) is 76.7 Å². The summed E-state index contributed by atoms with van der Waals surface area (Å²) >= 11 is 0. The number of methoxy groups -OCH3 is 2. The molecule has 25 heavy (non-hydrogen) atoms. The molecule has 6 nitrogen and oxygen atoms in total. The Morgan fingerprint density at radius 2 is 1.72 bits per heavy atom. The van der Waals surface area contributed by atoms with Gasteiger partial charge in [-0.15, -0.1) is 0 Å². The molecular formula is C19H22N2O4. The first-order valence-corrected chi connectivity index (χ1v) is 7.82. The van der Waals surface area contributed by atoms with E-state index in [0.29, 0.717) is 29.3 Å². The van der Waals surface area contributed by atoms with Gasteiger partial charge in [-0.1, -0.05) is 6.07 Å². The Kier molecular flexibility index (Phi) is 6.00. The van der Waals surface area contributed by atoms with Crippen molar-refractivity contribution in [2.75, 3.05) is 19.5 Å². The molecule has 0 bridgehead atoms. The predicted octanol–water partition coefficient (Wildman–Crippen LogP) is 2.90. The third-order valence-electron chi connectivity index (χ3n) is 3.73. The zero-order valence-electron chi connectivity index (χ0n) is 14.8. The van der Waals surface area contributed by atoms with Crippen LogP contribution in [0.15, 0.2) is 36.4 Å². The summed E-state index contributed by atoms with van der Waals surface area (Å²) in [5.74, 6) is 0.864. The van der Waals surface area contributed by atoms with Crippen LogP contribution in [0, 0.1) is 6.92 Å². The number of benzene rings is 2. The van der Waals surface area contributed by atoms with Gasteiger partial charge in [0.25, 0.3) is 5.91 Å². The van der Waals surface area contributed by atoms with Crippen molar-refractivity contribution >= 4 is 17.5 Å². The molecule has 6 heteroatoms. The maximum absolute atomic E-state index is 12.4. The van der Waals surface area contributed by atoms with E-state index in [2.05, 4.69) is 10.6 Å². The molecule has 0 aromatic heterocycles. The number of rotatable bonds is 6. The number of nitrogens with one attached hydrogen (secondary N) is 2. The van der Waals surface area contributed by atoms with Gasteiger partial charge in [0, 0.05) is 24.7 Å². The lowest BCUT2D eigenvalue weighted by atomic mass is 10.1. The normalized spacial score (nSPS) is 10.1. The summed E-state index contributed by atoms with van der Waals surface area (Å²) in [7, 11) is 3.16. The number of anilines is 1. The molecule has 2 N–H and O–H groups in total. The van der Waals surface area contributed by atoms with Crippen molar-refractivity contribution in [2.24, 2.45) is 0 Å². The van der Waals surface area contributed by atoms with E-state index in [-0.39, 0.29) is 11.8 Å². The Morgan fingerprint density at radius 1 is 1.04 bits per heavy atom.